The van der Waals surface area contributed by atoms with Gasteiger partial charge in [-0.25, -0.2) is 4.68 Å². The number of rotatable bonds is 4. The lowest BCUT2D eigenvalue weighted by Gasteiger charge is -2.16. The summed E-state index contributed by atoms with van der Waals surface area (Å²) in [6.07, 6.45) is 3.20. The first kappa shape index (κ1) is 19.1. The molecule has 0 spiro atoms. The second-order valence-electron chi connectivity index (χ2n) is 5.91. The Morgan fingerprint density at radius 1 is 1.11 bits per heavy atom. The molecule has 2 heterocycles. The highest BCUT2D eigenvalue weighted by Gasteiger charge is 2.23. The predicted molar refractivity (Wildman–Crippen MR) is 102 cm³/mol. The average molecular weight is 407 g/mol. The minimum atomic E-state index is -0.526. The standard InChI is InChI=1S/C18H16Cl2N4O3/c1-9-6-22-11(7-21-9)8-27-17-13(20)5-4-12(19)14(17)15-16(25)10(2)23-24(3)18(15)26/h4-7,25H,8H2,1-3H3. The second-order valence-corrected chi connectivity index (χ2v) is 6.72. The van der Waals surface area contributed by atoms with E-state index in [9.17, 15) is 9.90 Å². The lowest BCUT2D eigenvalue weighted by molar-refractivity contribution is 0.302. The molecule has 0 bridgehead atoms. The van der Waals surface area contributed by atoms with E-state index in [1.807, 2.05) is 6.92 Å². The zero-order chi connectivity index (χ0) is 19.7. The summed E-state index contributed by atoms with van der Waals surface area (Å²) in [6, 6.07) is 3.09. The van der Waals surface area contributed by atoms with Crippen molar-refractivity contribution < 1.29 is 9.84 Å². The van der Waals surface area contributed by atoms with Gasteiger partial charge in [-0.2, -0.15) is 5.10 Å². The van der Waals surface area contributed by atoms with Crippen LogP contribution in [0.1, 0.15) is 17.1 Å². The van der Waals surface area contributed by atoms with E-state index in [2.05, 4.69) is 15.1 Å². The van der Waals surface area contributed by atoms with Gasteiger partial charge >= 0.3 is 0 Å². The second kappa shape index (κ2) is 7.54. The molecule has 2 aromatic heterocycles. The van der Waals surface area contributed by atoms with Crippen LogP contribution in [0, 0.1) is 13.8 Å². The molecule has 27 heavy (non-hydrogen) atoms. The molecule has 0 saturated heterocycles. The third-order valence-electron chi connectivity index (χ3n) is 3.89. The number of aromatic hydroxyl groups is 1. The number of benzene rings is 1. The Balaban J connectivity index is 2.13. The summed E-state index contributed by atoms with van der Waals surface area (Å²) in [5.74, 6) is -0.105. The fourth-order valence-electron chi connectivity index (χ4n) is 2.53. The highest BCUT2D eigenvalue weighted by Crippen LogP contribution is 2.43. The maximum absolute atomic E-state index is 12.6. The molecule has 3 rings (SSSR count). The smallest absolute Gasteiger partial charge is 0.278 e. The van der Waals surface area contributed by atoms with Gasteiger partial charge in [-0.05, 0) is 26.0 Å². The van der Waals surface area contributed by atoms with Crippen molar-refractivity contribution in [3.8, 4) is 22.6 Å². The van der Waals surface area contributed by atoms with Crippen LogP contribution in [0.15, 0.2) is 29.3 Å². The van der Waals surface area contributed by atoms with Gasteiger partial charge in [0.15, 0.2) is 5.75 Å². The van der Waals surface area contributed by atoms with E-state index in [-0.39, 0.29) is 45.0 Å². The van der Waals surface area contributed by atoms with Crippen LogP contribution in [0.5, 0.6) is 11.5 Å². The number of nitrogens with zero attached hydrogens (tertiary/aromatic N) is 4. The normalized spacial score (nSPS) is 10.9. The number of hydrogen-bond acceptors (Lipinski definition) is 6. The average Bonchev–Trinajstić information content (AvgIpc) is 2.63. The summed E-state index contributed by atoms with van der Waals surface area (Å²) < 4.78 is 6.94. The van der Waals surface area contributed by atoms with Crippen LogP contribution < -0.4 is 10.3 Å². The molecule has 0 aliphatic heterocycles. The van der Waals surface area contributed by atoms with Crippen LogP contribution in [-0.2, 0) is 13.7 Å². The van der Waals surface area contributed by atoms with Crippen molar-refractivity contribution in [2.24, 2.45) is 7.05 Å². The van der Waals surface area contributed by atoms with E-state index in [4.69, 9.17) is 27.9 Å². The monoisotopic (exact) mass is 406 g/mol. The lowest BCUT2D eigenvalue weighted by Crippen LogP contribution is -2.22. The molecule has 9 heteroatoms. The summed E-state index contributed by atoms with van der Waals surface area (Å²) in [4.78, 5) is 21.0. The molecule has 1 aromatic carbocycles. The Morgan fingerprint density at radius 2 is 1.81 bits per heavy atom. The van der Waals surface area contributed by atoms with Gasteiger partial charge in [0.05, 0.1) is 38.8 Å². The van der Waals surface area contributed by atoms with Crippen molar-refractivity contribution in [1.29, 1.82) is 0 Å². The molecule has 1 N–H and O–H groups in total. The van der Waals surface area contributed by atoms with E-state index >= 15 is 0 Å². The number of aryl methyl sites for hydroxylation is 3. The van der Waals surface area contributed by atoms with Gasteiger partial charge in [-0.3, -0.25) is 14.8 Å². The molecule has 0 fully saturated rings. The Hall–Kier alpha value is -2.64. The zero-order valence-electron chi connectivity index (χ0n) is 14.8. The van der Waals surface area contributed by atoms with E-state index in [1.165, 1.54) is 13.1 Å². The third-order valence-corrected chi connectivity index (χ3v) is 4.51. The first-order chi connectivity index (χ1) is 12.8. The Kier molecular flexibility index (Phi) is 5.34. The molecule has 7 nitrogen and oxygen atoms in total. The molecule has 0 aliphatic rings. The lowest BCUT2D eigenvalue weighted by atomic mass is 10.0. The summed E-state index contributed by atoms with van der Waals surface area (Å²) in [5, 5.41) is 14.9. The molecule has 0 unspecified atom stereocenters. The fourth-order valence-corrected chi connectivity index (χ4v) is 2.99. The molecular weight excluding hydrogens is 391 g/mol. The quantitative estimate of drug-likeness (QED) is 0.713. The van der Waals surface area contributed by atoms with Crippen molar-refractivity contribution in [2.45, 2.75) is 20.5 Å². The number of aromatic nitrogens is 4. The maximum atomic E-state index is 12.6. The number of hydrogen-bond donors (Lipinski definition) is 1. The molecule has 3 aromatic rings. The first-order valence-corrected chi connectivity index (χ1v) is 8.70. The van der Waals surface area contributed by atoms with Crippen LogP contribution >= 0.6 is 23.2 Å². The Morgan fingerprint density at radius 3 is 2.48 bits per heavy atom. The van der Waals surface area contributed by atoms with Crippen molar-refractivity contribution in [3.63, 3.8) is 0 Å². The van der Waals surface area contributed by atoms with Crippen LogP contribution in [-0.4, -0.2) is 24.9 Å². The van der Waals surface area contributed by atoms with Crippen LogP contribution in [0.3, 0.4) is 0 Å². The number of halogens is 2. The highest BCUT2D eigenvalue weighted by atomic mass is 35.5. The minimum Gasteiger partial charge on any atom is -0.505 e. The molecule has 0 radical (unpaired) electrons. The van der Waals surface area contributed by atoms with Gasteiger partial charge < -0.3 is 9.84 Å². The van der Waals surface area contributed by atoms with Gasteiger partial charge in [0.1, 0.15) is 18.1 Å². The van der Waals surface area contributed by atoms with Crippen LogP contribution in [0.25, 0.3) is 11.1 Å². The molecule has 0 amide bonds. The summed E-state index contributed by atoms with van der Waals surface area (Å²) in [6.45, 7) is 3.47. The molecule has 0 saturated carbocycles. The summed E-state index contributed by atoms with van der Waals surface area (Å²) >= 11 is 12.6. The van der Waals surface area contributed by atoms with Gasteiger partial charge in [0, 0.05) is 13.2 Å². The first-order valence-electron chi connectivity index (χ1n) is 7.95. The maximum Gasteiger partial charge on any atom is 0.278 e. The van der Waals surface area contributed by atoms with Crippen molar-refractivity contribution >= 4 is 23.2 Å². The topological polar surface area (TPSA) is 90.1 Å². The molecule has 0 atom stereocenters. The Labute approximate surface area is 165 Å². The summed E-state index contributed by atoms with van der Waals surface area (Å²) in [5.41, 5.74) is 1.28. The van der Waals surface area contributed by atoms with Crippen molar-refractivity contribution in [1.82, 2.24) is 19.7 Å². The minimum absolute atomic E-state index is 0.0255. The van der Waals surface area contributed by atoms with Crippen LogP contribution in [0.2, 0.25) is 10.0 Å². The molecule has 140 valence electrons. The van der Waals surface area contributed by atoms with Crippen LogP contribution in [0.4, 0.5) is 0 Å². The van der Waals surface area contributed by atoms with Gasteiger partial charge in [0.2, 0.25) is 0 Å². The van der Waals surface area contributed by atoms with Crippen molar-refractivity contribution in [3.05, 3.63) is 62.0 Å². The SMILES string of the molecule is Cc1cnc(COc2c(Cl)ccc(Cl)c2-c2c(O)c(C)nn(C)c2=O)cn1. The summed E-state index contributed by atoms with van der Waals surface area (Å²) in [7, 11) is 1.49. The van der Waals surface area contributed by atoms with E-state index in [0.717, 1.165) is 10.4 Å². The molecule has 0 aliphatic carbocycles. The van der Waals surface area contributed by atoms with E-state index in [1.54, 1.807) is 25.4 Å². The fraction of sp³-hybridized carbons (Fsp3) is 0.222. The zero-order valence-corrected chi connectivity index (χ0v) is 16.3. The van der Waals surface area contributed by atoms with E-state index in [0.29, 0.717) is 5.69 Å². The molecular formula is C18H16Cl2N4O3. The Bertz CT molecular complexity index is 1070. The number of ether oxygens (including phenoxy) is 1. The van der Waals surface area contributed by atoms with Gasteiger partial charge in [-0.1, -0.05) is 23.2 Å². The van der Waals surface area contributed by atoms with Gasteiger partial charge in [-0.15, -0.1) is 0 Å². The van der Waals surface area contributed by atoms with Gasteiger partial charge in [0.25, 0.3) is 5.56 Å². The third kappa shape index (κ3) is 3.74. The predicted octanol–water partition coefficient (Wildman–Crippen LogP) is 3.45. The van der Waals surface area contributed by atoms with E-state index < -0.39 is 5.56 Å². The van der Waals surface area contributed by atoms with Crippen molar-refractivity contribution in [2.75, 3.05) is 0 Å². The largest absolute Gasteiger partial charge is 0.505 e. The highest BCUT2D eigenvalue weighted by molar-refractivity contribution is 6.37.